The van der Waals surface area contributed by atoms with Crippen molar-refractivity contribution in [3.63, 3.8) is 0 Å². The van der Waals surface area contributed by atoms with E-state index in [9.17, 15) is 0 Å². The number of halogens is 1. The minimum atomic E-state index is 0.384. The molecule has 8 rings (SSSR count). The highest BCUT2D eigenvalue weighted by molar-refractivity contribution is 6.30. The van der Waals surface area contributed by atoms with Crippen LogP contribution in [0.5, 0.6) is 0 Å². The van der Waals surface area contributed by atoms with E-state index in [1.807, 2.05) is 0 Å². The lowest BCUT2D eigenvalue weighted by Gasteiger charge is -2.62. The molecule has 0 radical (unpaired) electrons. The maximum absolute atomic E-state index is 6.24. The highest BCUT2D eigenvalue weighted by Gasteiger charge is 2.57. The van der Waals surface area contributed by atoms with Crippen molar-refractivity contribution < 1.29 is 0 Å². The summed E-state index contributed by atoms with van der Waals surface area (Å²) in [6.45, 7) is 4.30. The number of hydrogen-bond donors (Lipinski definition) is 1. The molecule has 4 fully saturated rings. The Morgan fingerprint density at radius 2 is 1.63 bits per heavy atom. The molecule has 0 amide bonds. The second-order valence-electron chi connectivity index (χ2n) is 11.9. The fourth-order valence-electron chi connectivity index (χ4n) is 8.86. The summed E-state index contributed by atoms with van der Waals surface area (Å²) in [6, 6.07) is 24.6. The Bertz CT molecular complexity index is 1380. The normalized spacial score (nSPS) is 29.3. The second kappa shape index (κ2) is 8.03. The third-order valence-electron chi connectivity index (χ3n) is 9.71. The Hall–Kier alpha value is -2.45. The average Bonchev–Trinajstić information content (AvgIpc) is 3.16. The summed E-state index contributed by atoms with van der Waals surface area (Å²) in [5.41, 5.74) is 6.36. The number of hydrogen-bond acceptors (Lipinski definition) is 1. The summed E-state index contributed by atoms with van der Waals surface area (Å²) in [5, 5.41) is 7.42. The van der Waals surface area contributed by atoms with Crippen LogP contribution in [-0.2, 0) is 12.0 Å². The highest BCUT2D eigenvalue weighted by Crippen LogP contribution is 2.66. The molecule has 35 heavy (non-hydrogen) atoms. The molecule has 1 heterocycles. The van der Waals surface area contributed by atoms with Gasteiger partial charge in [0, 0.05) is 45.6 Å². The van der Waals surface area contributed by atoms with E-state index in [0.29, 0.717) is 10.8 Å². The number of anilines is 1. The molecule has 2 unspecified atom stereocenters. The molecular formula is C32H35ClN2. The summed E-state index contributed by atoms with van der Waals surface area (Å²) < 4.78 is 2.43. The molecule has 4 aliphatic carbocycles. The van der Waals surface area contributed by atoms with Crippen LogP contribution in [0.25, 0.3) is 21.8 Å². The first-order valence-corrected chi connectivity index (χ1v) is 14.0. The van der Waals surface area contributed by atoms with Gasteiger partial charge >= 0.3 is 0 Å². The van der Waals surface area contributed by atoms with Crippen molar-refractivity contribution in [1.29, 1.82) is 0 Å². The number of aromatic nitrogens is 1. The number of rotatable bonds is 6. The van der Waals surface area contributed by atoms with Crippen molar-refractivity contribution in [2.24, 2.45) is 17.3 Å². The third kappa shape index (κ3) is 3.51. The molecule has 4 saturated carbocycles. The summed E-state index contributed by atoms with van der Waals surface area (Å²) in [4.78, 5) is 0. The summed E-state index contributed by atoms with van der Waals surface area (Å²) in [7, 11) is 0. The van der Waals surface area contributed by atoms with Gasteiger partial charge in [0.1, 0.15) is 0 Å². The van der Waals surface area contributed by atoms with Crippen LogP contribution in [0.4, 0.5) is 5.69 Å². The van der Waals surface area contributed by atoms with E-state index < -0.39 is 0 Å². The molecule has 3 aromatic carbocycles. The van der Waals surface area contributed by atoms with E-state index in [-0.39, 0.29) is 0 Å². The second-order valence-corrected chi connectivity index (χ2v) is 12.4. The van der Waals surface area contributed by atoms with E-state index in [1.54, 1.807) is 5.56 Å². The first-order valence-electron chi connectivity index (χ1n) is 13.6. The Kier molecular flexibility index (Phi) is 5.00. The summed E-state index contributed by atoms with van der Waals surface area (Å²) in [6.07, 6.45) is 9.75. The van der Waals surface area contributed by atoms with Crippen LogP contribution in [0.15, 0.2) is 66.7 Å². The molecule has 0 saturated heterocycles. The summed E-state index contributed by atoms with van der Waals surface area (Å²) >= 11 is 6.24. The lowest BCUT2D eigenvalue weighted by Crippen LogP contribution is -2.54. The zero-order chi connectivity index (χ0) is 23.6. The Labute approximate surface area is 213 Å². The van der Waals surface area contributed by atoms with E-state index in [0.717, 1.165) is 29.9 Å². The van der Waals surface area contributed by atoms with Crippen LogP contribution in [-0.4, -0.2) is 11.1 Å². The molecule has 4 aromatic rings. The number of para-hydroxylation sites is 1. The number of nitrogens with one attached hydrogen (secondary N) is 1. The van der Waals surface area contributed by atoms with Gasteiger partial charge in [-0.15, -0.1) is 0 Å². The molecule has 0 spiro atoms. The zero-order valence-electron chi connectivity index (χ0n) is 20.7. The molecule has 180 valence electrons. The molecule has 1 aromatic heterocycles. The molecule has 2 nitrogen and oxygen atoms in total. The zero-order valence-corrected chi connectivity index (χ0v) is 21.5. The van der Waals surface area contributed by atoms with Crippen LogP contribution in [0.2, 0.25) is 5.02 Å². The minimum Gasteiger partial charge on any atom is -0.385 e. The highest BCUT2D eigenvalue weighted by atomic mass is 35.5. The van der Waals surface area contributed by atoms with Gasteiger partial charge in [0.05, 0.1) is 0 Å². The average molecular weight is 483 g/mol. The van der Waals surface area contributed by atoms with Crippen LogP contribution >= 0.6 is 11.6 Å². The Morgan fingerprint density at radius 3 is 2.40 bits per heavy atom. The van der Waals surface area contributed by atoms with Crippen molar-refractivity contribution in [2.45, 2.75) is 63.8 Å². The van der Waals surface area contributed by atoms with E-state index in [1.165, 1.54) is 72.4 Å². The first kappa shape index (κ1) is 21.8. The monoisotopic (exact) mass is 482 g/mol. The van der Waals surface area contributed by atoms with Gasteiger partial charge in [0.2, 0.25) is 0 Å². The van der Waals surface area contributed by atoms with Gasteiger partial charge in [-0.1, -0.05) is 41.9 Å². The molecule has 1 N–H and O–H groups in total. The summed E-state index contributed by atoms with van der Waals surface area (Å²) in [5.74, 6) is 1.81. The van der Waals surface area contributed by atoms with E-state index in [4.69, 9.17) is 11.6 Å². The number of fused-ring (bicyclic) bond motifs is 3. The van der Waals surface area contributed by atoms with Gasteiger partial charge in [-0.2, -0.15) is 0 Å². The lowest BCUT2D eigenvalue weighted by molar-refractivity contribution is -0.0744. The van der Waals surface area contributed by atoms with Crippen molar-refractivity contribution in [2.75, 3.05) is 11.9 Å². The predicted molar refractivity (Wildman–Crippen MR) is 148 cm³/mol. The Morgan fingerprint density at radius 1 is 0.886 bits per heavy atom. The first-order chi connectivity index (χ1) is 17.1. The lowest BCUT2D eigenvalue weighted by atomic mass is 9.42. The fraction of sp³-hybridized carbons (Fsp3) is 0.438. The van der Waals surface area contributed by atoms with Crippen molar-refractivity contribution in [1.82, 2.24) is 4.57 Å². The van der Waals surface area contributed by atoms with Gasteiger partial charge < -0.3 is 9.88 Å². The van der Waals surface area contributed by atoms with Crippen LogP contribution in [0.3, 0.4) is 0 Å². The van der Waals surface area contributed by atoms with Crippen LogP contribution in [0.1, 0.15) is 57.4 Å². The molecule has 4 bridgehead atoms. The van der Waals surface area contributed by atoms with Crippen molar-refractivity contribution in [3.05, 3.63) is 77.3 Å². The largest absolute Gasteiger partial charge is 0.385 e. The van der Waals surface area contributed by atoms with Crippen molar-refractivity contribution in [3.8, 4) is 0 Å². The van der Waals surface area contributed by atoms with E-state index in [2.05, 4.69) is 83.5 Å². The standard InChI is InChI=1S/C32H35ClN2/c1-2-35-29-6-4-3-5-27(29)28-16-26(11-12-30(28)35)34-14-13-31-17-22-15-23(18-31)20-32(19-22,21-31)24-7-9-25(33)10-8-24/h3-12,16,22-23,34H,2,13-15,17-21H2,1H3. The van der Waals surface area contributed by atoms with Gasteiger partial charge in [0.25, 0.3) is 0 Å². The maximum atomic E-state index is 6.24. The smallest absolute Gasteiger partial charge is 0.0492 e. The number of aryl methyl sites for hydroxylation is 1. The van der Waals surface area contributed by atoms with Gasteiger partial charge in [-0.25, -0.2) is 0 Å². The van der Waals surface area contributed by atoms with Crippen LogP contribution < -0.4 is 5.32 Å². The van der Waals surface area contributed by atoms with Crippen molar-refractivity contribution >= 4 is 39.1 Å². The van der Waals surface area contributed by atoms with Crippen LogP contribution in [0, 0.1) is 17.3 Å². The fourth-order valence-corrected chi connectivity index (χ4v) is 8.99. The number of nitrogens with zero attached hydrogens (tertiary/aromatic N) is 1. The predicted octanol–water partition coefficient (Wildman–Crippen LogP) is 8.81. The molecule has 4 aliphatic rings. The Balaban J connectivity index is 1.12. The molecular weight excluding hydrogens is 448 g/mol. The van der Waals surface area contributed by atoms with Gasteiger partial charge in [-0.05, 0) is 116 Å². The molecule has 2 atom stereocenters. The quantitative estimate of drug-likeness (QED) is 0.290. The number of benzene rings is 3. The SMILES string of the molecule is CCn1c2ccccc2c2cc(NCCC34CC5CC(C3)CC(c3ccc(Cl)cc3)(C5)C4)ccc21. The molecule has 3 heteroatoms. The van der Waals surface area contributed by atoms with Gasteiger partial charge in [-0.3, -0.25) is 0 Å². The van der Waals surface area contributed by atoms with Gasteiger partial charge in [0.15, 0.2) is 0 Å². The third-order valence-corrected chi connectivity index (χ3v) is 9.96. The maximum Gasteiger partial charge on any atom is 0.0492 e. The van der Waals surface area contributed by atoms with E-state index >= 15 is 0 Å². The minimum absolute atomic E-state index is 0.384. The topological polar surface area (TPSA) is 17.0 Å². The molecule has 0 aliphatic heterocycles.